The lowest BCUT2D eigenvalue weighted by Gasteiger charge is -2.25. The molecule has 0 fully saturated rings. The third-order valence-electron chi connectivity index (χ3n) is 5.14. The van der Waals surface area contributed by atoms with Crippen LogP contribution < -0.4 is 11.0 Å². The Hall–Kier alpha value is -2.45. The zero-order valence-corrected chi connectivity index (χ0v) is 16.6. The summed E-state index contributed by atoms with van der Waals surface area (Å²) in [5.74, 6) is -1.02. The monoisotopic (exact) mass is 392 g/mol. The standard InChI is InChI=1S/C19H24N2O5S/c1-13-6-5-7-16(14(13)2)15-8-10-21(17(22)12-15)11-9-19(3,18(23)20-24)27(4,25)26/h5-8,10,12,24H,9,11H2,1-4H3,(H,20,23). The molecule has 8 heteroatoms. The number of hydrogen-bond acceptors (Lipinski definition) is 5. The number of hydrogen-bond donors (Lipinski definition) is 2. The van der Waals surface area contributed by atoms with E-state index >= 15 is 0 Å². The van der Waals surface area contributed by atoms with E-state index in [4.69, 9.17) is 5.21 Å². The number of carbonyl (C=O) groups is 1. The molecular weight excluding hydrogens is 368 g/mol. The van der Waals surface area contributed by atoms with Crippen LogP contribution in [0.4, 0.5) is 0 Å². The molecule has 2 N–H and O–H groups in total. The second-order valence-electron chi connectivity index (χ2n) is 6.89. The van der Waals surface area contributed by atoms with Crippen molar-refractivity contribution in [3.8, 4) is 11.1 Å². The van der Waals surface area contributed by atoms with Crippen molar-refractivity contribution in [1.29, 1.82) is 0 Å². The van der Waals surface area contributed by atoms with Crippen LogP contribution in [0.15, 0.2) is 41.3 Å². The second-order valence-corrected chi connectivity index (χ2v) is 9.33. The lowest BCUT2D eigenvalue weighted by Crippen LogP contribution is -2.49. The summed E-state index contributed by atoms with van der Waals surface area (Å²) in [6.07, 6.45) is 2.36. The topological polar surface area (TPSA) is 105 Å². The Morgan fingerprint density at radius 3 is 2.48 bits per heavy atom. The average molecular weight is 392 g/mol. The van der Waals surface area contributed by atoms with Crippen LogP contribution in [0.5, 0.6) is 0 Å². The maximum absolute atomic E-state index is 12.5. The first-order valence-corrected chi connectivity index (χ1v) is 10.3. The molecule has 1 heterocycles. The molecule has 0 saturated carbocycles. The number of aromatic nitrogens is 1. The Bertz CT molecular complexity index is 1030. The summed E-state index contributed by atoms with van der Waals surface area (Å²) >= 11 is 0. The van der Waals surface area contributed by atoms with E-state index in [1.807, 2.05) is 32.0 Å². The number of hydroxylamine groups is 1. The maximum Gasteiger partial charge on any atom is 0.264 e. The lowest BCUT2D eigenvalue weighted by molar-refractivity contribution is -0.131. The molecule has 0 bridgehead atoms. The Kier molecular flexibility index (Phi) is 5.91. The highest BCUT2D eigenvalue weighted by atomic mass is 32.2. The number of aryl methyl sites for hydroxylation is 2. The number of nitrogens with one attached hydrogen (secondary N) is 1. The molecule has 2 rings (SSSR count). The SMILES string of the molecule is Cc1cccc(-c2ccn(CCC(C)(C(=O)NO)S(C)(=O)=O)c(=O)c2)c1C. The maximum atomic E-state index is 12.5. The van der Waals surface area contributed by atoms with Crippen LogP contribution in [0.25, 0.3) is 11.1 Å². The number of sulfone groups is 1. The van der Waals surface area contributed by atoms with Gasteiger partial charge < -0.3 is 4.57 Å². The number of carbonyl (C=O) groups excluding carboxylic acids is 1. The summed E-state index contributed by atoms with van der Waals surface area (Å²) < 4.78 is 23.5. The van der Waals surface area contributed by atoms with Crippen molar-refractivity contribution >= 4 is 15.7 Å². The van der Waals surface area contributed by atoms with Crippen molar-refractivity contribution in [3.63, 3.8) is 0 Å². The van der Waals surface area contributed by atoms with E-state index in [-0.39, 0.29) is 18.5 Å². The molecule has 0 aliphatic rings. The minimum absolute atomic E-state index is 0.0168. The van der Waals surface area contributed by atoms with Gasteiger partial charge in [0, 0.05) is 25.1 Å². The summed E-state index contributed by atoms with van der Waals surface area (Å²) in [4.78, 5) is 24.3. The summed E-state index contributed by atoms with van der Waals surface area (Å²) in [6.45, 7) is 5.23. The number of rotatable bonds is 6. The average Bonchev–Trinajstić information content (AvgIpc) is 2.61. The molecule has 0 aliphatic carbocycles. The minimum Gasteiger partial charge on any atom is -0.315 e. The Labute approximate surface area is 158 Å². The number of amides is 1. The van der Waals surface area contributed by atoms with E-state index in [9.17, 15) is 18.0 Å². The number of benzene rings is 1. The Morgan fingerprint density at radius 2 is 1.93 bits per heavy atom. The van der Waals surface area contributed by atoms with Crippen LogP contribution in [0, 0.1) is 13.8 Å². The van der Waals surface area contributed by atoms with E-state index in [1.165, 1.54) is 23.0 Å². The predicted octanol–water partition coefficient (Wildman–Crippen LogP) is 1.83. The fourth-order valence-corrected chi connectivity index (χ4v) is 3.69. The highest BCUT2D eigenvalue weighted by Crippen LogP contribution is 2.25. The van der Waals surface area contributed by atoms with Gasteiger partial charge in [0.05, 0.1) is 0 Å². The van der Waals surface area contributed by atoms with Crippen molar-refractivity contribution in [2.75, 3.05) is 6.26 Å². The van der Waals surface area contributed by atoms with Crippen molar-refractivity contribution in [3.05, 3.63) is 58.0 Å². The third-order valence-corrected chi connectivity index (χ3v) is 7.17. The van der Waals surface area contributed by atoms with E-state index in [2.05, 4.69) is 0 Å². The molecule has 1 atom stereocenters. The molecule has 1 unspecified atom stereocenters. The van der Waals surface area contributed by atoms with Gasteiger partial charge in [0.25, 0.3) is 11.5 Å². The summed E-state index contributed by atoms with van der Waals surface area (Å²) in [5.41, 5.74) is 5.04. The predicted molar refractivity (Wildman–Crippen MR) is 103 cm³/mol. The molecule has 0 spiro atoms. The van der Waals surface area contributed by atoms with E-state index < -0.39 is 20.5 Å². The summed E-state index contributed by atoms with van der Waals surface area (Å²) in [7, 11) is -3.81. The van der Waals surface area contributed by atoms with Gasteiger partial charge in [0.15, 0.2) is 14.6 Å². The Morgan fingerprint density at radius 1 is 1.26 bits per heavy atom. The van der Waals surface area contributed by atoms with Gasteiger partial charge in [0.1, 0.15) is 0 Å². The second kappa shape index (κ2) is 7.66. The van der Waals surface area contributed by atoms with Gasteiger partial charge >= 0.3 is 0 Å². The first kappa shape index (κ1) is 20.9. The van der Waals surface area contributed by atoms with Crippen LogP contribution >= 0.6 is 0 Å². The fraction of sp³-hybridized carbons (Fsp3) is 0.368. The zero-order valence-electron chi connectivity index (χ0n) is 15.8. The van der Waals surface area contributed by atoms with Crippen molar-refractivity contribution in [2.24, 2.45) is 0 Å². The van der Waals surface area contributed by atoms with Crippen molar-refractivity contribution in [2.45, 2.75) is 38.5 Å². The van der Waals surface area contributed by atoms with Crippen LogP contribution in [-0.2, 0) is 21.2 Å². The highest BCUT2D eigenvalue weighted by molar-refractivity contribution is 7.92. The Balaban J connectivity index is 2.33. The first-order chi connectivity index (χ1) is 12.5. The molecule has 146 valence electrons. The summed E-state index contributed by atoms with van der Waals surface area (Å²) in [6, 6.07) is 9.14. The van der Waals surface area contributed by atoms with Crippen LogP contribution in [0.1, 0.15) is 24.5 Å². The van der Waals surface area contributed by atoms with E-state index in [0.717, 1.165) is 28.5 Å². The van der Waals surface area contributed by atoms with Gasteiger partial charge in [-0.2, -0.15) is 0 Å². The van der Waals surface area contributed by atoms with Gasteiger partial charge in [-0.25, -0.2) is 13.9 Å². The van der Waals surface area contributed by atoms with Crippen LogP contribution in [-0.4, -0.2) is 35.1 Å². The number of nitrogens with zero attached hydrogens (tertiary/aromatic N) is 1. The molecule has 7 nitrogen and oxygen atoms in total. The minimum atomic E-state index is -3.81. The van der Waals surface area contributed by atoms with Crippen LogP contribution in [0.3, 0.4) is 0 Å². The number of pyridine rings is 1. The van der Waals surface area contributed by atoms with Gasteiger partial charge in [0.2, 0.25) is 0 Å². The molecule has 1 aromatic heterocycles. The highest BCUT2D eigenvalue weighted by Gasteiger charge is 2.43. The fourth-order valence-electron chi connectivity index (χ4n) is 2.84. The zero-order chi connectivity index (χ0) is 20.4. The molecule has 2 aromatic rings. The molecular formula is C19H24N2O5S. The van der Waals surface area contributed by atoms with Crippen LogP contribution in [0.2, 0.25) is 0 Å². The largest absolute Gasteiger partial charge is 0.315 e. The smallest absolute Gasteiger partial charge is 0.264 e. The quantitative estimate of drug-likeness (QED) is 0.576. The van der Waals surface area contributed by atoms with Crippen molar-refractivity contribution in [1.82, 2.24) is 10.0 Å². The van der Waals surface area contributed by atoms with E-state index in [0.29, 0.717) is 0 Å². The van der Waals surface area contributed by atoms with E-state index in [1.54, 1.807) is 12.3 Å². The normalized spacial score (nSPS) is 13.8. The molecule has 0 aliphatic heterocycles. The molecule has 0 saturated heterocycles. The molecule has 0 radical (unpaired) electrons. The van der Waals surface area contributed by atoms with Crippen molar-refractivity contribution < 1.29 is 18.4 Å². The molecule has 1 aromatic carbocycles. The third kappa shape index (κ3) is 4.12. The van der Waals surface area contributed by atoms with Gasteiger partial charge in [-0.05, 0) is 55.5 Å². The van der Waals surface area contributed by atoms with Gasteiger partial charge in [-0.15, -0.1) is 0 Å². The first-order valence-electron chi connectivity index (χ1n) is 8.42. The lowest BCUT2D eigenvalue weighted by atomic mass is 9.98. The van der Waals surface area contributed by atoms with Gasteiger partial charge in [-0.1, -0.05) is 18.2 Å². The molecule has 1 amide bonds. The summed E-state index contributed by atoms with van der Waals surface area (Å²) in [5, 5.41) is 8.86. The van der Waals surface area contributed by atoms with Gasteiger partial charge in [-0.3, -0.25) is 14.8 Å². The molecule has 27 heavy (non-hydrogen) atoms.